The Balaban J connectivity index is 1.95. The minimum Gasteiger partial charge on any atom is -0.463 e. The fourth-order valence-electron chi connectivity index (χ4n) is 4.24. The van der Waals surface area contributed by atoms with Gasteiger partial charge in [0.1, 0.15) is 5.82 Å². The van der Waals surface area contributed by atoms with E-state index in [1.54, 1.807) is 24.0 Å². The smallest absolute Gasteiger partial charge is 0.338 e. The van der Waals surface area contributed by atoms with Gasteiger partial charge in [-0.05, 0) is 66.0 Å². The molecule has 1 aliphatic heterocycles. The van der Waals surface area contributed by atoms with Crippen LogP contribution in [-0.2, 0) is 24.3 Å². The molecule has 4 rings (SSSR count). The molecule has 0 amide bonds. The summed E-state index contributed by atoms with van der Waals surface area (Å²) >= 11 is 4.88. The first-order valence-corrected chi connectivity index (χ1v) is 13.4. The Kier molecular flexibility index (Phi) is 6.50. The molecule has 2 aromatic rings. The molecule has 0 spiro atoms. The van der Waals surface area contributed by atoms with Crippen LogP contribution >= 0.6 is 27.3 Å². The Morgan fingerprint density at radius 3 is 2.55 bits per heavy atom. The summed E-state index contributed by atoms with van der Waals surface area (Å²) in [6.07, 6.45) is 1.60. The second kappa shape index (κ2) is 9.05. The molecule has 0 radical (unpaired) electrons. The van der Waals surface area contributed by atoms with E-state index in [0.717, 1.165) is 9.35 Å². The van der Waals surface area contributed by atoms with E-state index >= 15 is 0 Å². The average Bonchev–Trinajstić information content (AvgIpc) is 3.18. The Labute approximate surface area is 204 Å². The number of ketones is 1. The number of esters is 1. The summed E-state index contributed by atoms with van der Waals surface area (Å²) in [6, 6.07) is 7.73. The van der Waals surface area contributed by atoms with Crippen molar-refractivity contribution in [1.29, 1.82) is 0 Å². The Morgan fingerprint density at radius 2 is 1.97 bits per heavy atom. The van der Waals surface area contributed by atoms with Gasteiger partial charge in [-0.25, -0.2) is 18.4 Å². The van der Waals surface area contributed by atoms with Gasteiger partial charge in [0.25, 0.3) is 0 Å². The molecule has 0 saturated carbocycles. The highest BCUT2D eigenvalue weighted by molar-refractivity contribution is 9.10. The first kappa shape index (κ1) is 23.7. The molecule has 1 unspecified atom stereocenters. The minimum atomic E-state index is -3.88. The Bertz CT molecular complexity index is 1300. The van der Waals surface area contributed by atoms with E-state index in [4.69, 9.17) is 15.6 Å². The summed E-state index contributed by atoms with van der Waals surface area (Å²) < 4.78 is 29.5. The summed E-state index contributed by atoms with van der Waals surface area (Å²) in [5.41, 5.74) is 8.54. The standard InChI is InChI=1S/C22H22BrN3O5S2/c1-2-31-22(28)20-19(17-10-12(23)11-32-17)18-15(4-3-5-16(18)27)26(21(20)24)13-6-8-14(9-7-13)33(25,29)30/h6-11,19H,2-5,24H2,1H3,(H2,25,29,30). The van der Waals surface area contributed by atoms with Crippen molar-refractivity contribution in [3.63, 3.8) is 0 Å². The van der Waals surface area contributed by atoms with E-state index in [9.17, 15) is 18.0 Å². The number of sulfonamides is 1. The normalized spacial score (nSPS) is 19.1. The molecule has 0 saturated heterocycles. The fourth-order valence-corrected chi connectivity index (χ4v) is 6.32. The molecule has 8 nitrogen and oxygen atoms in total. The SMILES string of the molecule is CCOC(=O)C1=C(N)N(c2ccc(S(N)(=O)=O)cc2)C2=C(C(=O)CCC2)C1c1cc(Br)cs1. The monoisotopic (exact) mass is 551 g/mol. The topological polar surface area (TPSA) is 133 Å². The second-order valence-electron chi connectivity index (χ2n) is 7.63. The number of nitrogens with zero attached hydrogens (tertiary/aromatic N) is 1. The minimum absolute atomic E-state index is 0.0494. The zero-order valence-corrected chi connectivity index (χ0v) is 20.9. The van der Waals surface area contributed by atoms with Gasteiger partial charge in [-0.3, -0.25) is 9.69 Å². The summed E-state index contributed by atoms with van der Waals surface area (Å²) in [4.78, 5) is 28.7. The molecule has 1 aromatic heterocycles. The maximum atomic E-state index is 13.2. The number of anilines is 1. The number of Topliss-reactive ketones (excluding diaryl/α,β-unsaturated/α-hetero) is 1. The summed E-state index contributed by atoms with van der Waals surface area (Å²) in [6.45, 7) is 1.85. The number of hydrogen-bond donors (Lipinski definition) is 2. The van der Waals surface area contributed by atoms with Gasteiger partial charge in [0.05, 0.1) is 23.0 Å². The van der Waals surface area contributed by atoms with Crippen LogP contribution in [0.5, 0.6) is 0 Å². The van der Waals surface area contributed by atoms with Gasteiger partial charge in [0.15, 0.2) is 5.78 Å². The van der Waals surface area contributed by atoms with Crippen LogP contribution in [0.3, 0.4) is 0 Å². The summed E-state index contributed by atoms with van der Waals surface area (Å²) in [5, 5.41) is 7.11. The molecule has 1 atom stereocenters. The molecule has 0 bridgehead atoms. The molecule has 2 aliphatic rings. The number of hydrogen-bond acceptors (Lipinski definition) is 8. The summed E-state index contributed by atoms with van der Waals surface area (Å²) in [7, 11) is -3.88. The van der Waals surface area contributed by atoms with E-state index in [-0.39, 0.29) is 28.7 Å². The van der Waals surface area contributed by atoms with Crippen molar-refractivity contribution in [2.24, 2.45) is 10.9 Å². The number of ether oxygens (including phenoxy) is 1. The van der Waals surface area contributed by atoms with Gasteiger partial charge >= 0.3 is 5.97 Å². The van der Waals surface area contributed by atoms with Crippen LogP contribution in [0, 0.1) is 0 Å². The lowest BCUT2D eigenvalue weighted by atomic mass is 9.77. The van der Waals surface area contributed by atoms with Crippen molar-refractivity contribution < 1.29 is 22.7 Å². The van der Waals surface area contributed by atoms with Crippen LogP contribution in [0.1, 0.15) is 37.0 Å². The third kappa shape index (κ3) is 4.37. The molecular weight excluding hydrogens is 530 g/mol. The fraction of sp³-hybridized carbons (Fsp3) is 0.273. The third-order valence-electron chi connectivity index (χ3n) is 5.58. The number of rotatable bonds is 5. The van der Waals surface area contributed by atoms with Gasteiger partial charge in [0, 0.05) is 38.1 Å². The van der Waals surface area contributed by atoms with Crippen molar-refractivity contribution in [3.05, 3.63) is 67.7 Å². The van der Waals surface area contributed by atoms with E-state index in [2.05, 4.69) is 15.9 Å². The number of nitrogens with two attached hydrogens (primary N) is 2. The Hall–Kier alpha value is -2.47. The lowest BCUT2D eigenvalue weighted by molar-refractivity contribution is -0.138. The van der Waals surface area contributed by atoms with Gasteiger partial charge in [-0.2, -0.15) is 0 Å². The molecule has 1 aliphatic carbocycles. The molecule has 33 heavy (non-hydrogen) atoms. The summed E-state index contributed by atoms with van der Waals surface area (Å²) in [5.74, 6) is -1.13. The van der Waals surface area contributed by atoms with Gasteiger partial charge in [-0.15, -0.1) is 11.3 Å². The second-order valence-corrected chi connectivity index (χ2v) is 11.1. The molecule has 4 N–H and O–H groups in total. The highest BCUT2D eigenvalue weighted by Gasteiger charge is 2.43. The maximum absolute atomic E-state index is 13.2. The average molecular weight is 552 g/mol. The van der Waals surface area contributed by atoms with Crippen molar-refractivity contribution in [2.75, 3.05) is 11.5 Å². The number of thiophene rings is 1. The third-order valence-corrected chi connectivity index (χ3v) is 8.27. The quantitative estimate of drug-likeness (QED) is 0.543. The number of benzene rings is 1. The lowest BCUT2D eigenvalue weighted by Gasteiger charge is -2.40. The van der Waals surface area contributed by atoms with E-state index in [1.165, 1.54) is 23.5 Å². The van der Waals surface area contributed by atoms with Crippen molar-refractivity contribution in [3.8, 4) is 0 Å². The number of primary sulfonamides is 1. The van der Waals surface area contributed by atoms with Crippen molar-refractivity contribution >= 4 is 54.7 Å². The number of carbonyl (C=O) groups is 2. The lowest BCUT2D eigenvalue weighted by Crippen LogP contribution is -2.40. The van der Waals surface area contributed by atoms with Crippen LogP contribution < -0.4 is 15.8 Å². The molecule has 11 heteroatoms. The zero-order chi connectivity index (χ0) is 23.9. The molecule has 2 heterocycles. The largest absolute Gasteiger partial charge is 0.463 e. The van der Waals surface area contributed by atoms with Gasteiger partial charge in [0.2, 0.25) is 10.0 Å². The molecule has 1 aromatic carbocycles. The highest BCUT2D eigenvalue weighted by Crippen LogP contribution is 2.48. The van der Waals surface area contributed by atoms with Crippen LogP contribution in [-0.4, -0.2) is 26.8 Å². The zero-order valence-electron chi connectivity index (χ0n) is 17.7. The van der Waals surface area contributed by atoms with Crippen LogP contribution in [0.25, 0.3) is 0 Å². The molecule has 174 valence electrons. The highest BCUT2D eigenvalue weighted by atomic mass is 79.9. The van der Waals surface area contributed by atoms with Gasteiger partial charge < -0.3 is 10.5 Å². The van der Waals surface area contributed by atoms with Crippen LogP contribution in [0.15, 0.2) is 67.7 Å². The van der Waals surface area contributed by atoms with Gasteiger partial charge in [-0.1, -0.05) is 0 Å². The number of allylic oxidation sites excluding steroid dienone is 2. The van der Waals surface area contributed by atoms with Crippen molar-refractivity contribution in [2.45, 2.75) is 37.0 Å². The van der Waals surface area contributed by atoms with Crippen LogP contribution in [0.4, 0.5) is 5.69 Å². The predicted molar refractivity (Wildman–Crippen MR) is 129 cm³/mol. The van der Waals surface area contributed by atoms with E-state index < -0.39 is 21.9 Å². The predicted octanol–water partition coefficient (Wildman–Crippen LogP) is 3.50. The Morgan fingerprint density at radius 1 is 1.27 bits per heavy atom. The van der Waals surface area contributed by atoms with E-state index in [0.29, 0.717) is 36.2 Å². The van der Waals surface area contributed by atoms with Crippen molar-refractivity contribution in [1.82, 2.24) is 0 Å². The number of carbonyl (C=O) groups excluding carboxylic acids is 2. The van der Waals surface area contributed by atoms with Crippen LogP contribution in [0.2, 0.25) is 0 Å². The van der Waals surface area contributed by atoms with E-state index in [1.807, 2.05) is 11.4 Å². The number of halogens is 1. The maximum Gasteiger partial charge on any atom is 0.338 e. The molecule has 0 fully saturated rings. The molecular formula is C22H22BrN3O5S2. The first-order chi connectivity index (χ1) is 15.6. The first-order valence-electron chi connectivity index (χ1n) is 10.2.